The van der Waals surface area contributed by atoms with Gasteiger partial charge in [0.15, 0.2) is 0 Å². The lowest BCUT2D eigenvalue weighted by molar-refractivity contribution is -0.191. The number of likely N-dealkylation sites (tertiary alicyclic amines) is 1. The molecule has 6 nitrogen and oxygen atoms in total. The molecule has 1 aliphatic carbocycles. The zero-order valence-corrected chi connectivity index (χ0v) is 12.2. The number of carbonyl (C=O) groups is 1. The summed E-state index contributed by atoms with van der Waals surface area (Å²) in [6.07, 6.45) is 7.85. The number of piperidine rings is 1. The Balaban J connectivity index is 1.43. The first-order valence-electron chi connectivity index (χ1n) is 7.71. The lowest BCUT2D eigenvalue weighted by atomic mass is 9.58. The molecule has 1 saturated carbocycles. The minimum atomic E-state index is -0.397. The Labute approximate surface area is 124 Å². The molecule has 6 heteroatoms. The van der Waals surface area contributed by atoms with Crippen molar-refractivity contribution in [2.24, 2.45) is 5.41 Å². The van der Waals surface area contributed by atoms with Crippen molar-refractivity contribution in [1.82, 2.24) is 14.5 Å². The van der Waals surface area contributed by atoms with Gasteiger partial charge in [-0.2, -0.15) is 0 Å². The number of aliphatic hydroxyl groups is 2. The van der Waals surface area contributed by atoms with E-state index in [1.165, 1.54) is 0 Å². The third kappa shape index (κ3) is 2.70. The van der Waals surface area contributed by atoms with Gasteiger partial charge in [0.25, 0.3) is 0 Å². The number of amides is 1. The van der Waals surface area contributed by atoms with E-state index in [0.717, 1.165) is 13.0 Å². The van der Waals surface area contributed by atoms with Crippen LogP contribution in [0.25, 0.3) is 0 Å². The van der Waals surface area contributed by atoms with Crippen LogP contribution in [0.15, 0.2) is 18.7 Å². The fourth-order valence-corrected chi connectivity index (χ4v) is 3.57. The van der Waals surface area contributed by atoms with Gasteiger partial charge in [0.05, 0.1) is 18.5 Å². The summed E-state index contributed by atoms with van der Waals surface area (Å²) >= 11 is 0. The summed E-state index contributed by atoms with van der Waals surface area (Å²) in [4.78, 5) is 18.0. The van der Waals surface area contributed by atoms with Crippen molar-refractivity contribution in [1.29, 1.82) is 0 Å². The van der Waals surface area contributed by atoms with Gasteiger partial charge in [-0.3, -0.25) is 4.79 Å². The van der Waals surface area contributed by atoms with Crippen molar-refractivity contribution in [3.05, 3.63) is 18.7 Å². The van der Waals surface area contributed by atoms with Gasteiger partial charge in [-0.05, 0) is 19.3 Å². The molecule has 21 heavy (non-hydrogen) atoms. The molecule has 0 aromatic carbocycles. The molecule has 0 unspecified atom stereocenters. The van der Waals surface area contributed by atoms with E-state index < -0.39 is 12.2 Å². The Morgan fingerprint density at radius 1 is 1.29 bits per heavy atom. The maximum absolute atomic E-state index is 12.2. The Kier molecular flexibility index (Phi) is 3.99. The molecule has 2 heterocycles. The molecule has 0 radical (unpaired) electrons. The molecular formula is C15H23N3O3. The number of aromatic nitrogens is 2. The number of hydrogen-bond donors (Lipinski definition) is 2. The van der Waals surface area contributed by atoms with Crippen LogP contribution in [0, 0.1) is 5.41 Å². The number of imidazole rings is 1. The van der Waals surface area contributed by atoms with Gasteiger partial charge in [0.2, 0.25) is 5.91 Å². The molecule has 1 aromatic rings. The molecule has 2 fully saturated rings. The van der Waals surface area contributed by atoms with Crippen LogP contribution in [0.1, 0.15) is 32.1 Å². The molecule has 0 bridgehead atoms. The van der Waals surface area contributed by atoms with Gasteiger partial charge in [-0.1, -0.05) is 0 Å². The second-order valence-electron chi connectivity index (χ2n) is 6.29. The smallest absolute Gasteiger partial charge is 0.222 e. The zero-order valence-electron chi connectivity index (χ0n) is 12.2. The van der Waals surface area contributed by atoms with Crippen molar-refractivity contribution < 1.29 is 15.0 Å². The van der Waals surface area contributed by atoms with Crippen LogP contribution < -0.4 is 0 Å². The van der Waals surface area contributed by atoms with Crippen molar-refractivity contribution in [3.63, 3.8) is 0 Å². The number of rotatable bonds is 4. The fourth-order valence-electron chi connectivity index (χ4n) is 3.57. The molecule has 2 aliphatic rings. The second kappa shape index (κ2) is 5.77. The normalized spacial score (nSPS) is 27.6. The molecular weight excluding hydrogens is 270 g/mol. The van der Waals surface area contributed by atoms with Crippen LogP contribution in [-0.2, 0) is 11.3 Å². The maximum atomic E-state index is 12.2. The molecule has 2 N–H and O–H groups in total. The van der Waals surface area contributed by atoms with Crippen LogP contribution in [-0.4, -0.2) is 55.9 Å². The summed E-state index contributed by atoms with van der Waals surface area (Å²) in [6, 6.07) is 0. The van der Waals surface area contributed by atoms with E-state index in [-0.39, 0.29) is 11.3 Å². The number of carbonyl (C=O) groups excluding carboxylic acids is 1. The Bertz CT molecular complexity index is 470. The van der Waals surface area contributed by atoms with Gasteiger partial charge in [-0.25, -0.2) is 4.98 Å². The third-order valence-electron chi connectivity index (χ3n) is 5.19. The zero-order chi connectivity index (χ0) is 14.9. The third-order valence-corrected chi connectivity index (χ3v) is 5.19. The first-order valence-corrected chi connectivity index (χ1v) is 7.71. The highest BCUT2D eigenvalue weighted by molar-refractivity contribution is 5.76. The largest absolute Gasteiger partial charge is 0.392 e. The van der Waals surface area contributed by atoms with E-state index in [2.05, 4.69) is 4.98 Å². The van der Waals surface area contributed by atoms with E-state index in [1.54, 1.807) is 12.5 Å². The Morgan fingerprint density at radius 2 is 2.00 bits per heavy atom. The molecule has 116 valence electrons. The standard InChI is InChI=1S/C15H23N3O3/c19-12-10-13(20)15(12)3-7-18(8-4-15)14(21)2-1-6-17-9-5-16-11-17/h5,9,11-13,19-20H,1-4,6-8,10H2/t12-,13+. The quantitative estimate of drug-likeness (QED) is 0.842. The van der Waals surface area contributed by atoms with Crippen LogP contribution in [0.3, 0.4) is 0 Å². The average Bonchev–Trinajstić information content (AvgIpc) is 3.01. The van der Waals surface area contributed by atoms with Gasteiger partial charge >= 0.3 is 0 Å². The topological polar surface area (TPSA) is 78.6 Å². The summed E-state index contributed by atoms with van der Waals surface area (Å²) < 4.78 is 1.97. The highest BCUT2D eigenvalue weighted by Gasteiger charge is 2.54. The molecule has 3 rings (SSSR count). The predicted molar refractivity (Wildman–Crippen MR) is 76.3 cm³/mol. The Hall–Kier alpha value is -1.40. The van der Waals surface area contributed by atoms with Crippen molar-refractivity contribution in [3.8, 4) is 0 Å². The number of aliphatic hydroxyl groups excluding tert-OH is 2. The van der Waals surface area contributed by atoms with Crippen molar-refractivity contribution in [2.45, 2.75) is 50.9 Å². The summed E-state index contributed by atoms with van der Waals surface area (Å²) in [5.74, 6) is 0.174. The molecule has 1 saturated heterocycles. The van der Waals surface area contributed by atoms with Gasteiger partial charge in [0.1, 0.15) is 0 Å². The lowest BCUT2D eigenvalue weighted by Gasteiger charge is -2.55. The minimum absolute atomic E-state index is 0.174. The summed E-state index contributed by atoms with van der Waals surface area (Å²) in [7, 11) is 0. The molecule has 1 aliphatic heterocycles. The van der Waals surface area contributed by atoms with Gasteiger partial charge in [-0.15, -0.1) is 0 Å². The summed E-state index contributed by atoms with van der Waals surface area (Å²) in [5, 5.41) is 19.8. The van der Waals surface area contributed by atoms with E-state index >= 15 is 0 Å². The predicted octanol–water partition coefficient (Wildman–Crippen LogP) is 0.398. The molecule has 2 atom stereocenters. The number of hydrogen-bond acceptors (Lipinski definition) is 4. The number of aryl methyl sites for hydroxylation is 1. The first-order chi connectivity index (χ1) is 10.1. The van der Waals surface area contributed by atoms with Crippen LogP contribution in [0.2, 0.25) is 0 Å². The summed E-state index contributed by atoms with van der Waals surface area (Å²) in [5.41, 5.74) is -0.340. The second-order valence-corrected chi connectivity index (χ2v) is 6.29. The van der Waals surface area contributed by atoms with E-state index in [9.17, 15) is 15.0 Å². The highest BCUT2D eigenvalue weighted by atomic mass is 16.3. The summed E-state index contributed by atoms with van der Waals surface area (Å²) in [6.45, 7) is 2.11. The van der Waals surface area contributed by atoms with Crippen molar-refractivity contribution in [2.75, 3.05) is 13.1 Å². The Morgan fingerprint density at radius 3 is 2.57 bits per heavy atom. The molecule has 1 aromatic heterocycles. The van der Waals surface area contributed by atoms with E-state index in [4.69, 9.17) is 0 Å². The minimum Gasteiger partial charge on any atom is -0.392 e. The van der Waals surface area contributed by atoms with Gasteiger partial charge in [0, 0.05) is 50.3 Å². The lowest BCUT2D eigenvalue weighted by Crippen LogP contribution is -2.61. The maximum Gasteiger partial charge on any atom is 0.222 e. The van der Waals surface area contributed by atoms with E-state index in [0.29, 0.717) is 38.8 Å². The average molecular weight is 293 g/mol. The van der Waals surface area contributed by atoms with E-state index in [1.807, 2.05) is 15.7 Å². The fraction of sp³-hybridized carbons (Fsp3) is 0.733. The van der Waals surface area contributed by atoms with Crippen LogP contribution in [0.4, 0.5) is 0 Å². The molecule has 1 spiro atoms. The van der Waals surface area contributed by atoms with Crippen LogP contribution >= 0.6 is 0 Å². The first kappa shape index (κ1) is 14.5. The highest BCUT2D eigenvalue weighted by Crippen LogP contribution is 2.49. The SMILES string of the molecule is O=C(CCCn1ccnc1)N1CCC2(CC1)[C@H](O)C[C@@H]2O. The van der Waals surface area contributed by atoms with Gasteiger partial charge < -0.3 is 19.7 Å². The van der Waals surface area contributed by atoms with Crippen LogP contribution in [0.5, 0.6) is 0 Å². The van der Waals surface area contributed by atoms with Crippen molar-refractivity contribution >= 4 is 5.91 Å². The number of nitrogens with zero attached hydrogens (tertiary/aromatic N) is 3. The molecule has 1 amide bonds. The monoisotopic (exact) mass is 293 g/mol.